The van der Waals surface area contributed by atoms with Crippen LogP contribution in [0.3, 0.4) is 0 Å². The molecule has 17 heavy (non-hydrogen) atoms. The number of piperidine rings is 1. The molecule has 0 saturated carbocycles. The van der Waals surface area contributed by atoms with Crippen LogP contribution in [-0.2, 0) is 0 Å². The number of carbonyl (C=O) groups is 1. The molecule has 1 aromatic carbocycles. The van der Waals surface area contributed by atoms with Crippen molar-refractivity contribution in [1.82, 2.24) is 4.90 Å². The van der Waals surface area contributed by atoms with Crippen LogP contribution in [0.15, 0.2) is 24.3 Å². The summed E-state index contributed by atoms with van der Waals surface area (Å²) < 4.78 is 0. The van der Waals surface area contributed by atoms with Gasteiger partial charge in [0.1, 0.15) is 0 Å². The maximum Gasteiger partial charge on any atom is 0.322 e. The normalized spacial score (nSPS) is 20.1. The lowest BCUT2D eigenvalue weighted by atomic mass is 10.0. The number of rotatable bonds is 1. The Labute approximate surface area is 103 Å². The Bertz CT molecular complexity index is 386. The summed E-state index contributed by atoms with van der Waals surface area (Å²) >= 11 is 0. The topological polar surface area (TPSA) is 32.3 Å². The fourth-order valence-corrected chi connectivity index (χ4v) is 2.23. The molecule has 1 aliphatic rings. The van der Waals surface area contributed by atoms with Gasteiger partial charge < -0.3 is 10.2 Å². The third-order valence-corrected chi connectivity index (χ3v) is 3.37. The molecule has 0 aromatic heterocycles. The molecule has 1 saturated heterocycles. The molecule has 0 radical (unpaired) electrons. The SMILES string of the molecule is Cc1ccc(NC(=O)N2CCCC[C@@H]2C)cc1. The molecule has 1 heterocycles. The van der Waals surface area contributed by atoms with Gasteiger partial charge in [-0.3, -0.25) is 0 Å². The summed E-state index contributed by atoms with van der Waals surface area (Å²) in [6.45, 7) is 5.03. The minimum absolute atomic E-state index is 0.0288. The Morgan fingerprint density at radius 1 is 1.29 bits per heavy atom. The van der Waals surface area contributed by atoms with Crippen molar-refractivity contribution < 1.29 is 4.79 Å². The first kappa shape index (κ1) is 12.0. The molecular formula is C14H20N2O. The lowest BCUT2D eigenvalue weighted by Crippen LogP contribution is -2.44. The summed E-state index contributed by atoms with van der Waals surface area (Å²) in [7, 11) is 0. The Morgan fingerprint density at radius 3 is 2.65 bits per heavy atom. The number of nitrogens with one attached hydrogen (secondary N) is 1. The van der Waals surface area contributed by atoms with Crippen molar-refractivity contribution in [3.8, 4) is 0 Å². The summed E-state index contributed by atoms with van der Waals surface area (Å²) in [5.74, 6) is 0. The van der Waals surface area contributed by atoms with E-state index in [1.165, 1.54) is 12.0 Å². The van der Waals surface area contributed by atoms with Crippen molar-refractivity contribution in [2.45, 2.75) is 39.2 Å². The van der Waals surface area contributed by atoms with Gasteiger partial charge in [-0.05, 0) is 45.2 Å². The van der Waals surface area contributed by atoms with Gasteiger partial charge in [-0.25, -0.2) is 4.79 Å². The van der Waals surface area contributed by atoms with Gasteiger partial charge in [0.15, 0.2) is 0 Å². The van der Waals surface area contributed by atoms with Crippen molar-refractivity contribution in [1.29, 1.82) is 0 Å². The second-order valence-corrected chi connectivity index (χ2v) is 4.83. The number of nitrogens with zero attached hydrogens (tertiary/aromatic N) is 1. The molecular weight excluding hydrogens is 212 g/mol. The van der Waals surface area contributed by atoms with E-state index >= 15 is 0 Å². The lowest BCUT2D eigenvalue weighted by molar-refractivity contribution is 0.170. The average Bonchev–Trinajstić information content (AvgIpc) is 2.32. The zero-order valence-corrected chi connectivity index (χ0v) is 10.6. The summed E-state index contributed by atoms with van der Waals surface area (Å²) in [5, 5.41) is 2.96. The fourth-order valence-electron chi connectivity index (χ4n) is 2.23. The highest BCUT2D eigenvalue weighted by Gasteiger charge is 2.22. The highest BCUT2D eigenvalue weighted by molar-refractivity contribution is 5.89. The molecule has 1 aliphatic heterocycles. The van der Waals surface area contributed by atoms with E-state index in [9.17, 15) is 4.79 Å². The number of hydrogen-bond acceptors (Lipinski definition) is 1. The molecule has 1 N–H and O–H groups in total. The molecule has 3 nitrogen and oxygen atoms in total. The average molecular weight is 232 g/mol. The quantitative estimate of drug-likeness (QED) is 0.790. The van der Waals surface area contributed by atoms with E-state index in [0.29, 0.717) is 6.04 Å². The van der Waals surface area contributed by atoms with E-state index in [1.54, 1.807) is 0 Å². The van der Waals surface area contributed by atoms with Gasteiger partial charge in [0, 0.05) is 18.3 Å². The Kier molecular flexibility index (Phi) is 3.67. The van der Waals surface area contributed by atoms with Gasteiger partial charge in [0.2, 0.25) is 0 Å². The molecule has 2 rings (SSSR count). The number of hydrogen-bond donors (Lipinski definition) is 1. The molecule has 3 heteroatoms. The molecule has 0 bridgehead atoms. The van der Waals surface area contributed by atoms with Gasteiger partial charge in [-0.15, -0.1) is 0 Å². The zero-order chi connectivity index (χ0) is 12.3. The van der Waals surface area contributed by atoms with E-state index in [4.69, 9.17) is 0 Å². The monoisotopic (exact) mass is 232 g/mol. The summed E-state index contributed by atoms with van der Waals surface area (Å²) in [6, 6.07) is 8.30. The number of anilines is 1. The number of likely N-dealkylation sites (tertiary alicyclic amines) is 1. The van der Waals surface area contributed by atoms with Crippen LogP contribution in [0.4, 0.5) is 10.5 Å². The minimum atomic E-state index is 0.0288. The Morgan fingerprint density at radius 2 is 2.00 bits per heavy atom. The molecule has 1 aromatic rings. The maximum atomic E-state index is 12.1. The van der Waals surface area contributed by atoms with Crippen molar-refractivity contribution in [3.05, 3.63) is 29.8 Å². The number of carbonyl (C=O) groups excluding carboxylic acids is 1. The predicted octanol–water partition coefficient (Wildman–Crippen LogP) is 3.40. The van der Waals surface area contributed by atoms with Crippen LogP contribution in [0.1, 0.15) is 31.7 Å². The van der Waals surface area contributed by atoms with Gasteiger partial charge >= 0.3 is 6.03 Å². The summed E-state index contributed by atoms with van der Waals surface area (Å²) in [5.41, 5.74) is 2.08. The number of benzene rings is 1. The first-order valence-electron chi connectivity index (χ1n) is 6.31. The lowest BCUT2D eigenvalue weighted by Gasteiger charge is -2.33. The smallest absolute Gasteiger partial charge is 0.322 e. The van der Waals surface area contributed by atoms with Gasteiger partial charge in [0.25, 0.3) is 0 Å². The largest absolute Gasteiger partial charge is 0.322 e. The third kappa shape index (κ3) is 2.99. The van der Waals surface area contributed by atoms with Crippen LogP contribution in [0, 0.1) is 6.92 Å². The Hall–Kier alpha value is -1.51. The van der Waals surface area contributed by atoms with Crippen molar-refractivity contribution in [3.63, 3.8) is 0 Å². The van der Waals surface area contributed by atoms with Crippen molar-refractivity contribution >= 4 is 11.7 Å². The minimum Gasteiger partial charge on any atom is -0.322 e. The Balaban J connectivity index is 1.98. The van der Waals surface area contributed by atoms with E-state index in [1.807, 2.05) is 36.1 Å². The van der Waals surface area contributed by atoms with Crippen molar-refractivity contribution in [2.75, 3.05) is 11.9 Å². The number of amides is 2. The first-order valence-corrected chi connectivity index (χ1v) is 6.31. The predicted molar refractivity (Wildman–Crippen MR) is 70.2 cm³/mol. The standard InChI is InChI=1S/C14H20N2O/c1-11-6-8-13(9-7-11)15-14(17)16-10-4-3-5-12(16)2/h6-9,12H,3-5,10H2,1-2H3,(H,15,17)/t12-/m0/s1. The van der Waals surface area contributed by atoms with E-state index in [2.05, 4.69) is 12.2 Å². The molecule has 1 atom stereocenters. The van der Waals surface area contributed by atoms with Gasteiger partial charge in [-0.1, -0.05) is 17.7 Å². The van der Waals surface area contributed by atoms with E-state index < -0.39 is 0 Å². The van der Waals surface area contributed by atoms with Gasteiger partial charge in [0.05, 0.1) is 0 Å². The van der Waals surface area contributed by atoms with E-state index in [-0.39, 0.29) is 6.03 Å². The molecule has 0 unspecified atom stereocenters. The number of urea groups is 1. The zero-order valence-electron chi connectivity index (χ0n) is 10.6. The second-order valence-electron chi connectivity index (χ2n) is 4.83. The molecule has 1 fully saturated rings. The first-order chi connectivity index (χ1) is 8.16. The van der Waals surface area contributed by atoms with Crippen LogP contribution in [-0.4, -0.2) is 23.5 Å². The van der Waals surface area contributed by atoms with Crippen molar-refractivity contribution in [2.24, 2.45) is 0 Å². The molecule has 2 amide bonds. The van der Waals surface area contributed by atoms with Crippen LogP contribution in [0.25, 0.3) is 0 Å². The fraction of sp³-hybridized carbons (Fsp3) is 0.500. The summed E-state index contributed by atoms with van der Waals surface area (Å²) in [6.07, 6.45) is 3.46. The highest BCUT2D eigenvalue weighted by Crippen LogP contribution is 2.18. The molecule has 0 aliphatic carbocycles. The third-order valence-electron chi connectivity index (χ3n) is 3.37. The summed E-state index contributed by atoms with van der Waals surface area (Å²) in [4.78, 5) is 14.0. The number of aryl methyl sites for hydroxylation is 1. The molecule has 0 spiro atoms. The van der Waals surface area contributed by atoms with Crippen LogP contribution >= 0.6 is 0 Å². The van der Waals surface area contributed by atoms with Crippen LogP contribution in [0.2, 0.25) is 0 Å². The maximum absolute atomic E-state index is 12.1. The van der Waals surface area contributed by atoms with Crippen LogP contribution < -0.4 is 5.32 Å². The molecule has 92 valence electrons. The second kappa shape index (κ2) is 5.21. The highest BCUT2D eigenvalue weighted by atomic mass is 16.2. The van der Waals surface area contributed by atoms with Crippen LogP contribution in [0.5, 0.6) is 0 Å². The van der Waals surface area contributed by atoms with E-state index in [0.717, 1.165) is 25.1 Å². The van der Waals surface area contributed by atoms with Gasteiger partial charge in [-0.2, -0.15) is 0 Å².